The Kier molecular flexibility index (Phi) is 3.99. The number of aromatic nitrogens is 3. The molecule has 3 rings (SSSR count). The molecule has 0 radical (unpaired) electrons. The van der Waals surface area contributed by atoms with Crippen molar-refractivity contribution in [2.75, 3.05) is 0 Å². The second-order valence-corrected chi connectivity index (χ2v) is 8.40. The summed E-state index contributed by atoms with van der Waals surface area (Å²) in [6, 6.07) is 5.91. The molecule has 1 N–H and O–H groups in total. The van der Waals surface area contributed by atoms with E-state index in [2.05, 4.69) is 14.8 Å². The summed E-state index contributed by atoms with van der Waals surface area (Å²) in [5.41, 5.74) is 3.70. The highest BCUT2D eigenvalue weighted by Crippen LogP contribution is 2.21. The van der Waals surface area contributed by atoms with E-state index in [0.717, 1.165) is 16.1 Å². The van der Waals surface area contributed by atoms with Crippen LogP contribution in [0, 0.1) is 27.7 Å². The van der Waals surface area contributed by atoms with E-state index < -0.39 is 10.0 Å². The predicted molar refractivity (Wildman–Crippen MR) is 90.3 cm³/mol. The normalized spacial score (nSPS) is 12.2. The van der Waals surface area contributed by atoms with Crippen LogP contribution in [-0.4, -0.2) is 23.0 Å². The molecule has 0 unspecified atom stereocenters. The van der Waals surface area contributed by atoms with Crippen LogP contribution >= 0.6 is 11.3 Å². The summed E-state index contributed by atoms with van der Waals surface area (Å²) < 4.78 is 29.4. The fourth-order valence-corrected chi connectivity index (χ4v) is 4.52. The van der Waals surface area contributed by atoms with Crippen molar-refractivity contribution in [3.05, 3.63) is 45.6 Å². The van der Waals surface area contributed by atoms with Crippen molar-refractivity contribution in [1.29, 1.82) is 0 Å². The molecule has 23 heavy (non-hydrogen) atoms. The van der Waals surface area contributed by atoms with E-state index in [0.29, 0.717) is 10.7 Å². The van der Waals surface area contributed by atoms with Crippen LogP contribution in [0.5, 0.6) is 0 Å². The summed E-state index contributed by atoms with van der Waals surface area (Å²) in [6.45, 7) is 7.78. The van der Waals surface area contributed by atoms with Crippen molar-refractivity contribution < 1.29 is 8.42 Å². The van der Waals surface area contributed by atoms with E-state index >= 15 is 0 Å². The highest BCUT2D eigenvalue weighted by atomic mass is 32.2. The smallest absolute Gasteiger partial charge is 0.221 e. The van der Waals surface area contributed by atoms with Gasteiger partial charge in [-0.15, -0.1) is 0 Å². The van der Waals surface area contributed by atoms with E-state index in [4.69, 9.17) is 0 Å². The van der Waals surface area contributed by atoms with Gasteiger partial charge >= 0.3 is 0 Å². The number of aryl methyl sites for hydroxylation is 4. The van der Waals surface area contributed by atoms with Gasteiger partial charge in [-0.05, 0) is 44.4 Å². The lowest BCUT2D eigenvalue weighted by Crippen LogP contribution is -2.25. The first-order chi connectivity index (χ1) is 10.8. The summed E-state index contributed by atoms with van der Waals surface area (Å²) in [6.07, 6.45) is 0. The fraction of sp³-hybridized carbons (Fsp3) is 0.333. The molecule has 0 amide bonds. The number of nitrogens with zero attached hydrogens (tertiary/aromatic N) is 3. The van der Waals surface area contributed by atoms with E-state index in [1.54, 1.807) is 6.92 Å². The Balaban J connectivity index is 1.91. The Bertz CT molecular complexity index is 986. The van der Waals surface area contributed by atoms with Gasteiger partial charge in [0.25, 0.3) is 10.0 Å². The molecule has 0 saturated heterocycles. The number of benzene rings is 1. The van der Waals surface area contributed by atoms with E-state index in [1.807, 2.05) is 39.0 Å². The molecule has 2 heterocycles. The van der Waals surface area contributed by atoms with Gasteiger partial charge in [-0.3, -0.25) is 0 Å². The number of sulfonamides is 1. The Morgan fingerprint density at radius 2 is 1.91 bits per heavy atom. The van der Waals surface area contributed by atoms with Gasteiger partial charge in [0.15, 0.2) is 5.03 Å². The Labute approximate surface area is 139 Å². The van der Waals surface area contributed by atoms with E-state index in [9.17, 15) is 8.42 Å². The zero-order valence-corrected chi connectivity index (χ0v) is 15.0. The van der Waals surface area contributed by atoms with Crippen LogP contribution in [0.2, 0.25) is 0 Å². The Morgan fingerprint density at radius 3 is 2.61 bits per heavy atom. The predicted octanol–water partition coefficient (Wildman–Crippen LogP) is 2.50. The highest BCUT2D eigenvalue weighted by Gasteiger charge is 2.25. The lowest BCUT2D eigenvalue weighted by molar-refractivity contribution is 0.572. The first-order valence-electron chi connectivity index (χ1n) is 7.16. The van der Waals surface area contributed by atoms with Gasteiger partial charge in [0.1, 0.15) is 5.01 Å². The topological polar surface area (TPSA) is 76.4 Å². The fourth-order valence-electron chi connectivity index (χ4n) is 2.39. The molecule has 0 atom stereocenters. The molecule has 0 bridgehead atoms. The van der Waals surface area contributed by atoms with Gasteiger partial charge < -0.3 is 0 Å². The third kappa shape index (κ3) is 3.01. The Hall–Kier alpha value is -1.77. The molecule has 0 aliphatic carbocycles. The van der Waals surface area contributed by atoms with Gasteiger partial charge in [0.05, 0.1) is 5.69 Å². The summed E-state index contributed by atoms with van der Waals surface area (Å²) in [5.74, 6) is 0. The summed E-state index contributed by atoms with van der Waals surface area (Å²) >= 11 is 1.37. The zero-order valence-electron chi connectivity index (χ0n) is 13.4. The van der Waals surface area contributed by atoms with Crippen molar-refractivity contribution in [2.24, 2.45) is 0 Å². The minimum atomic E-state index is -3.69. The van der Waals surface area contributed by atoms with Gasteiger partial charge in [0, 0.05) is 6.54 Å². The lowest BCUT2D eigenvalue weighted by Gasteiger charge is -2.08. The van der Waals surface area contributed by atoms with E-state index in [1.165, 1.54) is 21.4 Å². The van der Waals surface area contributed by atoms with Gasteiger partial charge in [-0.1, -0.05) is 29.5 Å². The van der Waals surface area contributed by atoms with Crippen LogP contribution in [-0.2, 0) is 16.6 Å². The molecule has 0 saturated carbocycles. The molecule has 0 fully saturated rings. The van der Waals surface area contributed by atoms with Crippen LogP contribution in [0.25, 0.3) is 4.96 Å². The first kappa shape index (κ1) is 16.1. The Morgan fingerprint density at radius 1 is 1.17 bits per heavy atom. The molecule has 2 aromatic heterocycles. The van der Waals surface area contributed by atoms with Crippen LogP contribution < -0.4 is 4.72 Å². The van der Waals surface area contributed by atoms with Crippen molar-refractivity contribution in [1.82, 2.24) is 19.3 Å². The third-order valence-corrected chi connectivity index (χ3v) is 6.04. The maximum atomic E-state index is 12.7. The molecule has 8 heteroatoms. The average Bonchev–Trinajstić information content (AvgIpc) is 2.94. The van der Waals surface area contributed by atoms with Crippen LogP contribution in [0.3, 0.4) is 0 Å². The van der Waals surface area contributed by atoms with Gasteiger partial charge in [0.2, 0.25) is 4.96 Å². The standard InChI is InChI=1S/C15H18N4O2S2/c1-9-5-6-13(7-10(9)2)8-16-23(20,21)14-11(3)17-15-19(14)18-12(4)22-15/h5-7,16H,8H2,1-4H3. The van der Waals surface area contributed by atoms with E-state index in [-0.39, 0.29) is 11.6 Å². The minimum absolute atomic E-state index is 0.112. The number of imidazole rings is 1. The SMILES string of the molecule is Cc1nn2c(S(=O)(=O)NCc3ccc(C)c(C)c3)c(C)nc2s1. The lowest BCUT2D eigenvalue weighted by atomic mass is 10.1. The largest absolute Gasteiger partial charge is 0.260 e. The van der Waals surface area contributed by atoms with Crippen molar-refractivity contribution in [2.45, 2.75) is 39.3 Å². The molecule has 1 aromatic carbocycles. The summed E-state index contributed by atoms with van der Waals surface area (Å²) in [4.78, 5) is 4.87. The molecule has 6 nitrogen and oxygen atoms in total. The van der Waals surface area contributed by atoms with Crippen molar-refractivity contribution in [3.63, 3.8) is 0 Å². The number of nitrogens with one attached hydrogen (secondary N) is 1. The maximum absolute atomic E-state index is 12.7. The quantitative estimate of drug-likeness (QED) is 0.784. The molecule has 0 aliphatic rings. The first-order valence-corrected chi connectivity index (χ1v) is 9.46. The molecule has 122 valence electrons. The molecular formula is C15H18N4O2S2. The van der Waals surface area contributed by atoms with Gasteiger partial charge in [-0.25, -0.2) is 18.1 Å². The number of rotatable bonds is 4. The maximum Gasteiger partial charge on any atom is 0.260 e. The van der Waals surface area contributed by atoms with Gasteiger partial charge in [-0.2, -0.15) is 9.61 Å². The molecular weight excluding hydrogens is 332 g/mol. The molecule has 0 aliphatic heterocycles. The van der Waals surface area contributed by atoms with Crippen LogP contribution in [0.1, 0.15) is 27.4 Å². The van der Waals surface area contributed by atoms with Crippen molar-refractivity contribution >= 4 is 26.3 Å². The number of fused-ring (bicyclic) bond motifs is 1. The monoisotopic (exact) mass is 350 g/mol. The van der Waals surface area contributed by atoms with Crippen LogP contribution in [0.4, 0.5) is 0 Å². The minimum Gasteiger partial charge on any atom is -0.221 e. The average molecular weight is 350 g/mol. The highest BCUT2D eigenvalue weighted by molar-refractivity contribution is 7.89. The third-order valence-electron chi connectivity index (χ3n) is 3.72. The second-order valence-electron chi connectivity index (χ2n) is 5.56. The number of hydrogen-bond acceptors (Lipinski definition) is 5. The van der Waals surface area contributed by atoms with Crippen LogP contribution in [0.15, 0.2) is 23.2 Å². The number of hydrogen-bond donors (Lipinski definition) is 1. The summed E-state index contributed by atoms with van der Waals surface area (Å²) in [7, 11) is -3.69. The summed E-state index contributed by atoms with van der Waals surface area (Å²) in [5, 5.41) is 5.12. The molecule has 3 aromatic rings. The zero-order chi connectivity index (χ0) is 16.8. The molecule has 0 spiro atoms. The second kappa shape index (κ2) is 5.70. The van der Waals surface area contributed by atoms with Crippen molar-refractivity contribution in [3.8, 4) is 0 Å².